The summed E-state index contributed by atoms with van der Waals surface area (Å²) in [6.45, 7) is 3.31. The molecule has 8 nitrogen and oxygen atoms in total. The van der Waals surface area contributed by atoms with E-state index in [1.54, 1.807) is 15.4 Å². The quantitative estimate of drug-likeness (QED) is 0.462. The van der Waals surface area contributed by atoms with Crippen molar-refractivity contribution in [3.05, 3.63) is 71.3 Å². The molecule has 8 heteroatoms. The van der Waals surface area contributed by atoms with E-state index in [1.165, 1.54) is 0 Å². The molecule has 2 aromatic heterocycles. The first-order valence-corrected chi connectivity index (χ1v) is 12.5. The van der Waals surface area contributed by atoms with Gasteiger partial charge in [0.25, 0.3) is 0 Å². The number of nitrogens with one attached hydrogen (secondary N) is 2. The van der Waals surface area contributed by atoms with E-state index in [9.17, 15) is 4.79 Å². The molecule has 4 aromatic rings. The van der Waals surface area contributed by atoms with Crippen LogP contribution in [0.15, 0.2) is 65.6 Å². The lowest BCUT2D eigenvalue weighted by atomic mass is 10.1. The van der Waals surface area contributed by atoms with Crippen LogP contribution in [0.1, 0.15) is 31.7 Å². The zero-order valence-corrected chi connectivity index (χ0v) is 19.7. The topological polar surface area (TPSA) is 86.0 Å². The van der Waals surface area contributed by atoms with Gasteiger partial charge in [0.2, 0.25) is 0 Å². The number of fused-ring (bicyclic) bond motifs is 1. The molecular weight excluding hydrogens is 440 g/mol. The minimum Gasteiger partial charge on any atom is -0.381 e. The van der Waals surface area contributed by atoms with E-state index >= 15 is 0 Å². The molecule has 2 aliphatic heterocycles. The number of piperidine rings is 1. The number of ether oxygens (including phenoxy) is 1. The van der Waals surface area contributed by atoms with Crippen molar-refractivity contribution < 1.29 is 4.74 Å². The number of aromatic nitrogens is 4. The largest absolute Gasteiger partial charge is 0.381 e. The molecule has 0 atom stereocenters. The molecule has 6 rings (SSSR count). The Morgan fingerprint density at radius 2 is 1.74 bits per heavy atom. The van der Waals surface area contributed by atoms with Crippen molar-refractivity contribution in [3.63, 3.8) is 0 Å². The molecular formula is C27H30N6O2. The molecule has 180 valence electrons. The second kappa shape index (κ2) is 9.64. The van der Waals surface area contributed by atoms with Gasteiger partial charge in [-0.05, 0) is 73.8 Å². The van der Waals surface area contributed by atoms with Crippen LogP contribution in [0.25, 0.3) is 27.8 Å². The summed E-state index contributed by atoms with van der Waals surface area (Å²) in [5, 5.41) is 14.1. The molecule has 0 aliphatic carbocycles. The van der Waals surface area contributed by atoms with Gasteiger partial charge in [-0.15, -0.1) is 5.10 Å². The van der Waals surface area contributed by atoms with Crippen molar-refractivity contribution in [1.29, 1.82) is 0 Å². The predicted molar refractivity (Wildman–Crippen MR) is 137 cm³/mol. The second-order valence-electron chi connectivity index (χ2n) is 9.36. The summed E-state index contributed by atoms with van der Waals surface area (Å²) in [6.07, 6.45) is 5.48. The molecule has 2 N–H and O–H groups in total. The minimum atomic E-state index is -0.0991. The molecule has 2 aliphatic rings. The Labute approximate surface area is 203 Å². The van der Waals surface area contributed by atoms with Gasteiger partial charge < -0.3 is 15.4 Å². The molecule has 35 heavy (non-hydrogen) atoms. The molecule has 0 saturated carbocycles. The molecule has 0 spiro atoms. The lowest BCUT2D eigenvalue weighted by Gasteiger charge is -2.23. The summed E-state index contributed by atoms with van der Waals surface area (Å²) in [7, 11) is 0. The van der Waals surface area contributed by atoms with E-state index in [1.807, 2.05) is 30.3 Å². The summed E-state index contributed by atoms with van der Waals surface area (Å²) < 4.78 is 8.93. The van der Waals surface area contributed by atoms with Crippen LogP contribution in [0, 0.1) is 0 Å². The maximum Gasteiger partial charge on any atom is 0.351 e. The fraction of sp³-hybridized carbons (Fsp3) is 0.370. The third-order valence-electron chi connectivity index (χ3n) is 7.04. The Bertz CT molecular complexity index is 1380. The van der Waals surface area contributed by atoms with Crippen LogP contribution < -0.4 is 16.3 Å². The van der Waals surface area contributed by atoms with E-state index < -0.39 is 0 Å². The van der Waals surface area contributed by atoms with Crippen molar-refractivity contribution in [2.24, 2.45) is 0 Å². The SMILES string of the molecule is O=c1n(C2CCNCC2)nc(-c2ccnc(NC3CCOCC3)c2)n1-c1ccc2ccccc2c1. The normalized spacial score (nSPS) is 17.6. The van der Waals surface area contributed by atoms with Gasteiger partial charge in [-0.2, -0.15) is 0 Å². The van der Waals surface area contributed by atoms with E-state index in [0.717, 1.165) is 79.8 Å². The fourth-order valence-corrected chi connectivity index (χ4v) is 5.11. The number of pyridine rings is 1. The summed E-state index contributed by atoms with van der Waals surface area (Å²) >= 11 is 0. The van der Waals surface area contributed by atoms with Gasteiger partial charge >= 0.3 is 5.69 Å². The smallest absolute Gasteiger partial charge is 0.351 e. The Morgan fingerprint density at radius 3 is 2.57 bits per heavy atom. The highest BCUT2D eigenvalue weighted by molar-refractivity contribution is 5.84. The first kappa shape index (κ1) is 22.0. The second-order valence-corrected chi connectivity index (χ2v) is 9.36. The number of rotatable bonds is 5. The fourth-order valence-electron chi connectivity index (χ4n) is 5.11. The average molecular weight is 471 g/mol. The van der Waals surface area contributed by atoms with Crippen molar-refractivity contribution >= 4 is 16.6 Å². The minimum absolute atomic E-state index is 0.0888. The van der Waals surface area contributed by atoms with E-state index in [0.29, 0.717) is 11.9 Å². The van der Waals surface area contributed by atoms with Gasteiger partial charge in [0.15, 0.2) is 5.82 Å². The molecule has 0 unspecified atom stereocenters. The van der Waals surface area contributed by atoms with Gasteiger partial charge in [0, 0.05) is 31.0 Å². The van der Waals surface area contributed by atoms with Crippen LogP contribution in [0.5, 0.6) is 0 Å². The zero-order chi connectivity index (χ0) is 23.6. The lowest BCUT2D eigenvalue weighted by Crippen LogP contribution is -2.35. The van der Waals surface area contributed by atoms with E-state index in [-0.39, 0.29) is 11.7 Å². The standard InChI is InChI=1S/C27H30N6O2/c34-27-32(24-6-5-19-3-1-2-4-20(19)17-24)26(31-33(27)23-8-12-28-13-9-23)21-7-14-29-25(18-21)30-22-10-15-35-16-11-22/h1-7,14,17-18,22-23,28H,8-13,15-16H2,(H,29,30). The van der Waals surface area contributed by atoms with Crippen molar-refractivity contribution in [1.82, 2.24) is 24.6 Å². The van der Waals surface area contributed by atoms with Crippen LogP contribution in [0.4, 0.5) is 5.82 Å². The molecule has 4 heterocycles. The number of benzene rings is 2. The Balaban J connectivity index is 1.45. The summed E-state index contributed by atoms with van der Waals surface area (Å²) in [6, 6.07) is 18.7. The average Bonchev–Trinajstić information content (AvgIpc) is 3.26. The van der Waals surface area contributed by atoms with Gasteiger partial charge in [-0.1, -0.05) is 30.3 Å². The number of nitrogens with zero attached hydrogens (tertiary/aromatic N) is 4. The van der Waals surface area contributed by atoms with Crippen molar-refractivity contribution in [2.45, 2.75) is 37.8 Å². The molecule has 2 fully saturated rings. The number of hydrogen-bond acceptors (Lipinski definition) is 6. The van der Waals surface area contributed by atoms with Crippen LogP contribution in [-0.2, 0) is 4.74 Å². The summed E-state index contributed by atoms with van der Waals surface area (Å²) in [4.78, 5) is 18.3. The van der Waals surface area contributed by atoms with E-state index in [2.05, 4.69) is 39.9 Å². The molecule has 2 aromatic carbocycles. The number of hydrogen-bond donors (Lipinski definition) is 2. The van der Waals surface area contributed by atoms with Crippen LogP contribution in [0.3, 0.4) is 0 Å². The lowest BCUT2D eigenvalue weighted by molar-refractivity contribution is 0.0904. The van der Waals surface area contributed by atoms with E-state index in [4.69, 9.17) is 9.84 Å². The third-order valence-corrected chi connectivity index (χ3v) is 7.04. The molecule has 0 bridgehead atoms. The van der Waals surface area contributed by atoms with Gasteiger partial charge in [0.05, 0.1) is 11.7 Å². The first-order chi connectivity index (χ1) is 17.3. The summed E-state index contributed by atoms with van der Waals surface area (Å²) in [5.41, 5.74) is 1.59. The van der Waals surface area contributed by atoms with Gasteiger partial charge in [-0.3, -0.25) is 0 Å². The molecule has 0 radical (unpaired) electrons. The highest BCUT2D eigenvalue weighted by Gasteiger charge is 2.24. The number of anilines is 1. The summed E-state index contributed by atoms with van der Waals surface area (Å²) in [5.74, 6) is 1.43. The molecule has 0 amide bonds. The van der Waals surface area contributed by atoms with Gasteiger partial charge in [-0.25, -0.2) is 19.0 Å². The maximum absolute atomic E-state index is 13.8. The Morgan fingerprint density at radius 1 is 0.943 bits per heavy atom. The van der Waals surface area contributed by atoms with Crippen LogP contribution in [0.2, 0.25) is 0 Å². The Hall–Kier alpha value is -3.49. The predicted octanol–water partition coefficient (Wildman–Crippen LogP) is 3.76. The Kier molecular flexibility index (Phi) is 6.06. The first-order valence-electron chi connectivity index (χ1n) is 12.5. The zero-order valence-electron chi connectivity index (χ0n) is 19.7. The third kappa shape index (κ3) is 4.47. The van der Waals surface area contributed by atoms with Gasteiger partial charge in [0.1, 0.15) is 5.82 Å². The molecule has 2 saturated heterocycles. The maximum atomic E-state index is 13.8. The monoisotopic (exact) mass is 470 g/mol. The van der Waals surface area contributed by atoms with Crippen molar-refractivity contribution in [2.75, 3.05) is 31.6 Å². The van der Waals surface area contributed by atoms with Crippen LogP contribution >= 0.6 is 0 Å². The highest BCUT2D eigenvalue weighted by atomic mass is 16.5. The van der Waals surface area contributed by atoms with Crippen molar-refractivity contribution in [3.8, 4) is 17.1 Å². The van der Waals surface area contributed by atoms with Crippen LogP contribution in [-0.4, -0.2) is 51.7 Å². The highest BCUT2D eigenvalue weighted by Crippen LogP contribution is 2.26.